The average molecular weight is 316 g/mol. The Bertz CT molecular complexity index is 694. The van der Waals surface area contributed by atoms with Gasteiger partial charge in [0, 0.05) is 0 Å². The number of aryl methyl sites for hydroxylation is 1. The first-order chi connectivity index (χ1) is 10.9. The van der Waals surface area contributed by atoms with E-state index >= 15 is 0 Å². The highest BCUT2D eigenvalue weighted by molar-refractivity contribution is 5.80. The standard InChI is InChI=1S/C16H20N4O3/c1-4-15(13-7-5-11(2)6-8-13)18-16(21)12(3)19-10-14(9-17-19)20(22)23/h5-10,12,15H,4H2,1-3H3,(H,18,21). The summed E-state index contributed by atoms with van der Waals surface area (Å²) in [5.74, 6) is -0.226. The first-order valence-electron chi connectivity index (χ1n) is 7.47. The zero-order valence-corrected chi connectivity index (χ0v) is 13.4. The molecule has 122 valence electrons. The second kappa shape index (κ2) is 7.04. The van der Waals surface area contributed by atoms with Crippen LogP contribution in [0.1, 0.15) is 43.5 Å². The Hall–Kier alpha value is -2.70. The van der Waals surface area contributed by atoms with Crippen LogP contribution in [0.2, 0.25) is 0 Å². The molecule has 2 rings (SSSR count). The van der Waals surface area contributed by atoms with Crippen molar-refractivity contribution in [2.75, 3.05) is 0 Å². The normalized spacial score (nSPS) is 13.3. The SMILES string of the molecule is CCC(NC(=O)C(C)n1cc([N+](=O)[O-])cn1)c1ccc(C)cc1. The molecule has 0 aliphatic heterocycles. The zero-order chi connectivity index (χ0) is 17.0. The fourth-order valence-electron chi connectivity index (χ4n) is 2.27. The van der Waals surface area contributed by atoms with Gasteiger partial charge < -0.3 is 5.32 Å². The van der Waals surface area contributed by atoms with Crippen LogP contribution >= 0.6 is 0 Å². The van der Waals surface area contributed by atoms with Crippen LogP contribution < -0.4 is 5.32 Å². The lowest BCUT2D eigenvalue weighted by Gasteiger charge is -2.20. The molecule has 7 heteroatoms. The number of nitrogens with zero attached hydrogens (tertiary/aromatic N) is 3. The Kier molecular flexibility index (Phi) is 5.10. The number of carbonyl (C=O) groups is 1. The fraction of sp³-hybridized carbons (Fsp3) is 0.375. The number of benzene rings is 1. The number of amides is 1. The molecule has 1 heterocycles. The number of aromatic nitrogens is 2. The van der Waals surface area contributed by atoms with Crippen LogP contribution in [0.4, 0.5) is 5.69 Å². The van der Waals surface area contributed by atoms with Crippen molar-refractivity contribution in [3.05, 3.63) is 57.9 Å². The molecule has 2 unspecified atom stereocenters. The minimum absolute atomic E-state index is 0.101. The Balaban J connectivity index is 2.08. The highest BCUT2D eigenvalue weighted by Crippen LogP contribution is 2.19. The van der Waals surface area contributed by atoms with E-state index < -0.39 is 11.0 Å². The predicted octanol–water partition coefficient (Wildman–Crippen LogP) is 2.93. The second-order valence-electron chi connectivity index (χ2n) is 5.49. The molecule has 1 aromatic carbocycles. The van der Waals surface area contributed by atoms with Gasteiger partial charge in [0.05, 0.1) is 11.0 Å². The fourth-order valence-corrected chi connectivity index (χ4v) is 2.27. The molecule has 2 atom stereocenters. The molecule has 0 aliphatic rings. The average Bonchev–Trinajstić information content (AvgIpc) is 3.02. The van der Waals surface area contributed by atoms with Gasteiger partial charge in [-0.3, -0.25) is 19.6 Å². The third-order valence-corrected chi connectivity index (χ3v) is 3.78. The minimum atomic E-state index is -0.622. The van der Waals surface area contributed by atoms with E-state index in [2.05, 4.69) is 10.4 Å². The van der Waals surface area contributed by atoms with Crippen LogP contribution in [0, 0.1) is 17.0 Å². The summed E-state index contributed by atoms with van der Waals surface area (Å²) in [4.78, 5) is 22.6. The zero-order valence-electron chi connectivity index (χ0n) is 13.4. The van der Waals surface area contributed by atoms with Crippen molar-refractivity contribution in [3.8, 4) is 0 Å². The van der Waals surface area contributed by atoms with Crippen molar-refractivity contribution in [3.63, 3.8) is 0 Å². The molecule has 1 N–H and O–H groups in total. The summed E-state index contributed by atoms with van der Waals surface area (Å²) in [6.07, 6.45) is 3.15. The van der Waals surface area contributed by atoms with Gasteiger partial charge in [0.1, 0.15) is 18.4 Å². The van der Waals surface area contributed by atoms with Gasteiger partial charge in [-0.2, -0.15) is 5.10 Å². The molecular formula is C16H20N4O3. The van der Waals surface area contributed by atoms with Gasteiger partial charge >= 0.3 is 5.69 Å². The number of nitro groups is 1. The van der Waals surface area contributed by atoms with E-state index in [0.717, 1.165) is 23.7 Å². The van der Waals surface area contributed by atoms with Crippen LogP contribution in [0.3, 0.4) is 0 Å². The molecule has 0 radical (unpaired) electrons. The Morgan fingerprint density at radius 2 is 2.04 bits per heavy atom. The van der Waals surface area contributed by atoms with Gasteiger partial charge in [0.2, 0.25) is 5.91 Å². The van der Waals surface area contributed by atoms with Gasteiger partial charge in [-0.05, 0) is 25.8 Å². The number of hydrogen-bond donors (Lipinski definition) is 1. The predicted molar refractivity (Wildman–Crippen MR) is 85.9 cm³/mol. The summed E-state index contributed by atoms with van der Waals surface area (Å²) < 4.78 is 1.30. The van der Waals surface area contributed by atoms with Crippen molar-refractivity contribution in [1.29, 1.82) is 0 Å². The number of nitrogens with one attached hydrogen (secondary N) is 1. The topological polar surface area (TPSA) is 90.1 Å². The molecule has 0 saturated heterocycles. The van der Waals surface area contributed by atoms with E-state index in [0.29, 0.717) is 0 Å². The summed E-state index contributed by atoms with van der Waals surface area (Å²) in [6, 6.07) is 7.27. The molecule has 23 heavy (non-hydrogen) atoms. The molecule has 0 saturated carbocycles. The van der Waals surface area contributed by atoms with E-state index in [1.54, 1.807) is 6.92 Å². The van der Waals surface area contributed by atoms with Crippen LogP contribution in [0.5, 0.6) is 0 Å². The van der Waals surface area contributed by atoms with E-state index in [9.17, 15) is 14.9 Å². The van der Waals surface area contributed by atoms with Crippen molar-refractivity contribution >= 4 is 11.6 Å². The quantitative estimate of drug-likeness (QED) is 0.655. The molecule has 0 bridgehead atoms. The molecule has 0 aliphatic carbocycles. The highest BCUT2D eigenvalue weighted by Gasteiger charge is 2.21. The molecule has 0 spiro atoms. The van der Waals surface area contributed by atoms with E-state index in [1.165, 1.54) is 10.9 Å². The van der Waals surface area contributed by atoms with Gasteiger partial charge in [0.15, 0.2) is 0 Å². The largest absolute Gasteiger partial charge is 0.347 e. The first kappa shape index (κ1) is 16.7. The number of carbonyl (C=O) groups excluding carboxylic acids is 1. The number of hydrogen-bond acceptors (Lipinski definition) is 4. The van der Waals surface area contributed by atoms with Gasteiger partial charge in [0.25, 0.3) is 0 Å². The summed E-state index contributed by atoms with van der Waals surface area (Å²) in [7, 11) is 0. The third-order valence-electron chi connectivity index (χ3n) is 3.78. The summed E-state index contributed by atoms with van der Waals surface area (Å²) in [6.45, 7) is 5.66. The van der Waals surface area contributed by atoms with Gasteiger partial charge in [-0.25, -0.2) is 0 Å². The summed E-state index contributed by atoms with van der Waals surface area (Å²) in [5, 5.41) is 17.6. The Morgan fingerprint density at radius 3 is 2.57 bits per heavy atom. The van der Waals surface area contributed by atoms with Crippen LogP contribution in [0.15, 0.2) is 36.7 Å². The maximum Gasteiger partial charge on any atom is 0.307 e. The lowest BCUT2D eigenvalue weighted by molar-refractivity contribution is -0.385. The van der Waals surface area contributed by atoms with Crippen molar-refractivity contribution in [1.82, 2.24) is 15.1 Å². The maximum atomic E-state index is 12.4. The Morgan fingerprint density at radius 1 is 1.39 bits per heavy atom. The third kappa shape index (κ3) is 3.94. The summed E-state index contributed by atoms with van der Waals surface area (Å²) >= 11 is 0. The maximum absolute atomic E-state index is 12.4. The Labute approximate surface area is 134 Å². The minimum Gasteiger partial charge on any atom is -0.347 e. The summed E-state index contributed by atoms with van der Waals surface area (Å²) in [5.41, 5.74) is 2.06. The lowest BCUT2D eigenvalue weighted by Crippen LogP contribution is -2.34. The highest BCUT2D eigenvalue weighted by atomic mass is 16.6. The van der Waals surface area contributed by atoms with E-state index in [-0.39, 0.29) is 17.6 Å². The van der Waals surface area contributed by atoms with Crippen molar-refractivity contribution in [2.45, 2.75) is 39.3 Å². The second-order valence-corrected chi connectivity index (χ2v) is 5.49. The first-order valence-corrected chi connectivity index (χ1v) is 7.47. The van der Waals surface area contributed by atoms with Crippen LogP contribution in [-0.4, -0.2) is 20.6 Å². The van der Waals surface area contributed by atoms with Crippen molar-refractivity contribution in [2.24, 2.45) is 0 Å². The van der Waals surface area contributed by atoms with E-state index in [1.807, 2.05) is 38.1 Å². The lowest BCUT2D eigenvalue weighted by atomic mass is 10.0. The van der Waals surface area contributed by atoms with Crippen LogP contribution in [0.25, 0.3) is 0 Å². The number of rotatable bonds is 6. The van der Waals surface area contributed by atoms with E-state index in [4.69, 9.17) is 0 Å². The molecule has 2 aromatic rings. The molecule has 0 fully saturated rings. The smallest absolute Gasteiger partial charge is 0.307 e. The molecular weight excluding hydrogens is 296 g/mol. The molecule has 1 amide bonds. The monoisotopic (exact) mass is 316 g/mol. The molecule has 1 aromatic heterocycles. The van der Waals surface area contributed by atoms with Crippen molar-refractivity contribution < 1.29 is 9.72 Å². The molecule has 7 nitrogen and oxygen atoms in total. The van der Waals surface area contributed by atoms with Crippen LogP contribution in [-0.2, 0) is 4.79 Å². The van der Waals surface area contributed by atoms with Gasteiger partial charge in [-0.15, -0.1) is 0 Å². The van der Waals surface area contributed by atoms with Gasteiger partial charge in [-0.1, -0.05) is 36.8 Å².